The first kappa shape index (κ1) is 14.2. The molecule has 18 heavy (non-hydrogen) atoms. The van der Waals surface area contributed by atoms with Gasteiger partial charge in [0.05, 0.1) is 15.2 Å². The fraction of sp³-hybridized carbons (Fsp3) is 0.615. The van der Waals surface area contributed by atoms with Crippen LogP contribution < -0.4 is 0 Å². The van der Waals surface area contributed by atoms with Crippen molar-refractivity contribution in [2.45, 2.75) is 19.9 Å². The molecular weight excluding hydrogens is 312 g/mol. The van der Waals surface area contributed by atoms with Gasteiger partial charge in [-0.1, -0.05) is 0 Å². The summed E-state index contributed by atoms with van der Waals surface area (Å²) in [6, 6.07) is 4.45. The molecule has 0 radical (unpaired) electrons. The van der Waals surface area contributed by atoms with Crippen molar-refractivity contribution in [2.24, 2.45) is 0 Å². The van der Waals surface area contributed by atoms with E-state index in [0.717, 1.165) is 34.8 Å². The van der Waals surface area contributed by atoms with Crippen LogP contribution in [0.5, 0.6) is 0 Å². The summed E-state index contributed by atoms with van der Waals surface area (Å²) in [5, 5.41) is 0. The Hall–Kier alpha value is -0.230. The van der Waals surface area contributed by atoms with Crippen molar-refractivity contribution in [3.8, 4) is 0 Å². The molecule has 0 atom stereocenters. The van der Waals surface area contributed by atoms with Gasteiger partial charge in [-0.15, -0.1) is 11.3 Å². The van der Waals surface area contributed by atoms with Gasteiger partial charge in [0.1, 0.15) is 0 Å². The molecule has 0 N–H and O–H groups in total. The van der Waals surface area contributed by atoms with Crippen molar-refractivity contribution in [3.05, 3.63) is 20.8 Å². The molecule has 1 aromatic rings. The molecule has 100 valence electrons. The zero-order chi connectivity index (χ0) is 13.1. The van der Waals surface area contributed by atoms with E-state index in [1.807, 2.05) is 12.1 Å². The first-order chi connectivity index (χ1) is 8.56. The summed E-state index contributed by atoms with van der Waals surface area (Å²) in [5.74, 6) is 0.240. The summed E-state index contributed by atoms with van der Waals surface area (Å²) < 4.78 is 1.02. The lowest BCUT2D eigenvalue weighted by molar-refractivity contribution is 0.0810. The third-order valence-electron chi connectivity index (χ3n) is 3.35. The van der Waals surface area contributed by atoms with Crippen LogP contribution in [0.4, 0.5) is 0 Å². The maximum absolute atomic E-state index is 12.1. The molecular formula is C13H19BrN2OS. The van der Waals surface area contributed by atoms with Gasteiger partial charge in [0.15, 0.2) is 5.78 Å². The van der Waals surface area contributed by atoms with Crippen molar-refractivity contribution >= 4 is 33.0 Å². The zero-order valence-corrected chi connectivity index (χ0v) is 13.3. The molecule has 0 aromatic carbocycles. The average molecular weight is 331 g/mol. The maximum atomic E-state index is 12.1. The lowest BCUT2D eigenvalue weighted by Crippen LogP contribution is -2.49. The Kier molecular flexibility index (Phi) is 4.95. The molecule has 0 saturated carbocycles. The highest BCUT2D eigenvalue weighted by molar-refractivity contribution is 9.11. The number of carbonyl (C=O) groups excluding carboxylic acids is 1. The van der Waals surface area contributed by atoms with Crippen LogP contribution in [0, 0.1) is 0 Å². The number of hydrogen-bond acceptors (Lipinski definition) is 4. The minimum Gasteiger partial charge on any atom is -0.298 e. The predicted molar refractivity (Wildman–Crippen MR) is 79.5 cm³/mol. The van der Waals surface area contributed by atoms with E-state index in [1.54, 1.807) is 0 Å². The Labute approximate surface area is 121 Å². The number of carbonyl (C=O) groups is 1. The molecule has 3 nitrogen and oxygen atoms in total. The van der Waals surface area contributed by atoms with Crippen LogP contribution in [0.1, 0.15) is 23.5 Å². The molecule has 1 aliphatic rings. The second-order valence-corrected chi connectivity index (χ2v) is 7.40. The standard InChI is InChI=1S/C13H19BrN2OS/c1-10(2)16-7-5-15(6-8-16)9-11(17)12-3-4-13(14)18-12/h3-4,10H,5-9H2,1-2H3. The summed E-state index contributed by atoms with van der Waals surface area (Å²) in [4.78, 5) is 17.7. The van der Waals surface area contributed by atoms with Gasteiger partial charge < -0.3 is 0 Å². The average Bonchev–Trinajstić information content (AvgIpc) is 2.76. The van der Waals surface area contributed by atoms with Crippen LogP contribution in [0.15, 0.2) is 15.9 Å². The first-order valence-corrected chi connectivity index (χ1v) is 7.92. The van der Waals surface area contributed by atoms with Crippen molar-refractivity contribution in [1.29, 1.82) is 0 Å². The van der Waals surface area contributed by atoms with Crippen molar-refractivity contribution in [1.82, 2.24) is 9.80 Å². The Morgan fingerprint density at radius 2 is 2.00 bits per heavy atom. The van der Waals surface area contributed by atoms with E-state index in [2.05, 4.69) is 39.6 Å². The Bertz CT molecular complexity index is 411. The highest BCUT2D eigenvalue weighted by Crippen LogP contribution is 2.22. The van der Waals surface area contributed by atoms with Crippen LogP contribution in [0.3, 0.4) is 0 Å². The number of rotatable bonds is 4. The van der Waals surface area contributed by atoms with Gasteiger partial charge >= 0.3 is 0 Å². The van der Waals surface area contributed by atoms with Crippen LogP contribution in [-0.2, 0) is 0 Å². The minimum absolute atomic E-state index is 0.240. The molecule has 2 rings (SSSR count). The molecule has 1 saturated heterocycles. The highest BCUT2D eigenvalue weighted by atomic mass is 79.9. The molecule has 5 heteroatoms. The quantitative estimate of drug-likeness (QED) is 0.793. The van der Waals surface area contributed by atoms with Gasteiger partial charge in [-0.05, 0) is 41.9 Å². The summed E-state index contributed by atoms with van der Waals surface area (Å²) in [6.45, 7) is 9.14. The van der Waals surface area contributed by atoms with E-state index in [-0.39, 0.29) is 5.78 Å². The number of piperazine rings is 1. The number of ketones is 1. The van der Waals surface area contributed by atoms with Crippen LogP contribution in [0.2, 0.25) is 0 Å². The third-order valence-corrected chi connectivity index (χ3v) is 5.02. The van der Waals surface area contributed by atoms with Crippen LogP contribution in [-0.4, -0.2) is 54.3 Å². The number of hydrogen-bond donors (Lipinski definition) is 0. The zero-order valence-electron chi connectivity index (χ0n) is 10.9. The number of thiophene rings is 1. The van der Waals surface area contributed by atoms with E-state index in [9.17, 15) is 4.79 Å². The Morgan fingerprint density at radius 3 is 2.50 bits per heavy atom. The predicted octanol–water partition coefficient (Wildman–Crippen LogP) is 2.72. The van der Waals surface area contributed by atoms with E-state index in [4.69, 9.17) is 0 Å². The second-order valence-electron chi connectivity index (χ2n) is 4.93. The fourth-order valence-corrected chi connectivity index (χ4v) is 3.50. The van der Waals surface area contributed by atoms with Crippen LogP contribution in [0.25, 0.3) is 0 Å². The summed E-state index contributed by atoms with van der Waals surface area (Å²) in [7, 11) is 0. The van der Waals surface area contributed by atoms with E-state index >= 15 is 0 Å². The SMILES string of the molecule is CC(C)N1CCN(CC(=O)c2ccc(Br)s2)CC1. The summed E-state index contributed by atoms with van der Waals surface area (Å²) >= 11 is 4.92. The molecule has 0 spiro atoms. The molecule has 0 unspecified atom stereocenters. The van der Waals surface area contributed by atoms with Gasteiger partial charge in [0.2, 0.25) is 0 Å². The number of halogens is 1. The van der Waals surface area contributed by atoms with Gasteiger partial charge in [0, 0.05) is 32.2 Å². The topological polar surface area (TPSA) is 23.6 Å². The molecule has 0 amide bonds. The lowest BCUT2D eigenvalue weighted by Gasteiger charge is -2.36. The molecule has 0 aliphatic carbocycles. The Morgan fingerprint density at radius 1 is 1.33 bits per heavy atom. The van der Waals surface area contributed by atoms with E-state index in [1.165, 1.54) is 11.3 Å². The highest BCUT2D eigenvalue weighted by Gasteiger charge is 2.21. The molecule has 0 bridgehead atoms. The maximum Gasteiger partial charge on any atom is 0.186 e. The number of nitrogens with zero attached hydrogens (tertiary/aromatic N) is 2. The van der Waals surface area contributed by atoms with Crippen molar-refractivity contribution in [2.75, 3.05) is 32.7 Å². The summed E-state index contributed by atoms with van der Waals surface area (Å²) in [5.41, 5.74) is 0. The van der Waals surface area contributed by atoms with Crippen molar-refractivity contribution in [3.63, 3.8) is 0 Å². The van der Waals surface area contributed by atoms with E-state index in [0.29, 0.717) is 12.6 Å². The number of Topliss-reactive ketones (excluding diaryl/α,β-unsaturated/α-hetero) is 1. The van der Waals surface area contributed by atoms with Gasteiger partial charge in [-0.2, -0.15) is 0 Å². The van der Waals surface area contributed by atoms with Gasteiger partial charge in [0.25, 0.3) is 0 Å². The second kappa shape index (κ2) is 6.28. The monoisotopic (exact) mass is 330 g/mol. The molecule has 1 aliphatic heterocycles. The largest absolute Gasteiger partial charge is 0.298 e. The van der Waals surface area contributed by atoms with Crippen molar-refractivity contribution < 1.29 is 4.79 Å². The minimum atomic E-state index is 0.240. The first-order valence-electron chi connectivity index (χ1n) is 6.31. The molecule has 1 fully saturated rings. The van der Waals surface area contributed by atoms with E-state index < -0.39 is 0 Å². The lowest BCUT2D eigenvalue weighted by atomic mass is 10.2. The molecule has 2 heterocycles. The van der Waals surface area contributed by atoms with Gasteiger partial charge in [-0.25, -0.2) is 0 Å². The fourth-order valence-electron chi connectivity index (χ4n) is 2.18. The molecule has 1 aromatic heterocycles. The Balaban J connectivity index is 1.83. The smallest absolute Gasteiger partial charge is 0.186 e. The normalized spacial score (nSPS) is 18.4. The summed E-state index contributed by atoms with van der Waals surface area (Å²) in [6.07, 6.45) is 0. The van der Waals surface area contributed by atoms with Crippen LogP contribution >= 0.6 is 27.3 Å². The third kappa shape index (κ3) is 3.63. The van der Waals surface area contributed by atoms with Gasteiger partial charge in [-0.3, -0.25) is 14.6 Å².